The molecule has 29 heavy (non-hydrogen) atoms. The normalized spacial score (nSPS) is 18.6. The number of halogens is 2. The zero-order chi connectivity index (χ0) is 20.5. The van der Waals surface area contributed by atoms with Crippen LogP contribution in [0.4, 0.5) is 0 Å². The number of piperazine rings is 1. The minimum absolute atomic E-state index is 0.191. The summed E-state index contributed by atoms with van der Waals surface area (Å²) in [4.78, 5) is 17.6. The van der Waals surface area contributed by atoms with Crippen LogP contribution in [-0.2, 0) is 11.2 Å². The lowest BCUT2D eigenvalue weighted by Gasteiger charge is -2.38. The number of nitrogens with zero attached hydrogens (tertiary/aromatic N) is 4. The van der Waals surface area contributed by atoms with E-state index in [0.29, 0.717) is 16.5 Å². The second-order valence-electron chi connectivity index (χ2n) is 8.19. The molecule has 156 valence electrons. The maximum absolute atomic E-state index is 13.0. The number of hydrogen-bond acceptors (Lipinski definition) is 3. The van der Waals surface area contributed by atoms with Gasteiger partial charge in [0.15, 0.2) is 0 Å². The highest BCUT2D eigenvalue weighted by molar-refractivity contribution is 6.42. The van der Waals surface area contributed by atoms with Gasteiger partial charge >= 0.3 is 0 Å². The molecule has 7 heteroatoms. The average Bonchev–Trinajstić information content (AvgIpc) is 3.35. The Morgan fingerprint density at radius 3 is 2.41 bits per heavy atom. The highest BCUT2D eigenvalue weighted by Crippen LogP contribution is 2.27. The topological polar surface area (TPSA) is 41.4 Å². The summed E-state index contributed by atoms with van der Waals surface area (Å²) < 4.78 is 1.85. The number of carbonyl (C=O) groups excluding carboxylic acids is 1. The van der Waals surface area contributed by atoms with Crippen LogP contribution < -0.4 is 0 Å². The van der Waals surface area contributed by atoms with E-state index in [2.05, 4.69) is 10.00 Å². The summed E-state index contributed by atoms with van der Waals surface area (Å²) in [6, 6.07) is 6.20. The van der Waals surface area contributed by atoms with Gasteiger partial charge in [0.2, 0.25) is 5.91 Å². The summed E-state index contributed by atoms with van der Waals surface area (Å²) in [6.07, 6.45) is 5.74. The summed E-state index contributed by atoms with van der Waals surface area (Å²) in [7, 11) is 0. The molecule has 1 saturated carbocycles. The van der Waals surface area contributed by atoms with Gasteiger partial charge in [0, 0.05) is 43.5 Å². The molecule has 1 aromatic heterocycles. The van der Waals surface area contributed by atoms with E-state index in [1.807, 2.05) is 29.5 Å². The zero-order valence-electron chi connectivity index (χ0n) is 17.1. The Kier molecular flexibility index (Phi) is 6.19. The second kappa shape index (κ2) is 8.66. The van der Waals surface area contributed by atoms with E-state index in [4.69, 9.17) is 23.2 Å². The Morgan fingerprint density at radius 1 is 1.07 bits per heavy atom. The van der Waals surface area contributed by atoms with Crippen molar-refractivity contribution >= 4 is 29.1 Å². The fourth-order valence-electron chi connectivity index (χ4n) is 4.67. The van der Waals surface area contributed by atoms with Crippen molar-refractivity contribution in [1.29, 1.82) is 0 Å². The van der Waals surface area contributed by atoms with Crippen LogP contribution in [0, 0.1) is 13.8 Å². The molecule has 1 aliphatic heterocycles. The Bertz CT molecular complexity index is 896. The lowest BCUT2D eigenvalue weighted by molar-refractivity contribution is -0.132. The molecule has 0 N–H and O–H groups in total. The van der Waals surface area contributed by atoms with Crippen molar-refractivity contribution < 1.29 is 4.79 Å². The van der Waals surface area contributed by atoms with Gasteiger partial charge in [-0.3, -0.25) is 9.69 Å². The zero-order valence-corrected chi connectivity index (χ0v) is 18.6. The van der Waals surface area contributed by atoms with E-state index in [-0.39, 0.29) is 5.91 Å². The molecule has 1 saturated heterocycles. The molecule has 1 aromatic carbocycles. The fraction of sp³-hybridized carbons (Fsp3) is 0.545. The fourth-order valence-corrected chi connectivity index (χ4v) is 4.96. The molecule has 2 heterocycles. The van der Waals surface area contributed by atoms with E-state index in [0.717, 1.165) is 54.9 Å². The first-order chi connectivity index (χ1) is 13.9. The molecular formula is C22H28Cl2N4O. The van der Waals surface area contributed by atoms with Crippen molar-refractivity contribution in [3.8, 4) is 5.69 Å². The summed E-state index contributed by atoms with van der Waals surface area (Å²) in [6.45, 7) is 7.61. The minimum Gasteiger partial charge on any atom is -0.340 e. The van der Waals surface area contributed by atoms with Crippen molar-refractivity contribution in [3.63, 3.8) is 0 Å². The number of benzene rings is 1. The van der Waals surface area contributed by atoms with Crippen LogP contribution in [0.2, 0.25) is 10.0 Å². The van der Waals surface area contributed by atoms with Gasteiger partial charge in [-0.1, -0.05) is 36.0 Å². The first kappa shape index (κ1) is 20.7. The summed E-state index contributed by atoms with van der Waals surface area (Å²) in [5.41, 5.74) is 3.70. The van der Waals surface area contributed by atoms with E-state index < -0.39 is 0 Å². The quantitative estimate of drug-likeness (QED) is 0.714. The maximum atomic E-state index is 13.0. The van der Waals surface area contributed by atoms with E-state index in [1.165, 1.54) is 25.7 Å². The van der Waals surface area contributed by atoms with Gasteiger partial charge in [0.05, 0.1) is 27.8 Å². The Labute approximate surface area is 182 Å². The molecule has 5 nitrogen and oxygen atoms in total. The summed E-state index contributed by atoms with van der Waals surface area (Å²) in [5.74, 6) is 0.191. The van der Waals surface area contributed by atoms with Gasteiger partial charge in [-0.05, 0) is 44.9 Å². The SMILES string of the molecule is Cc1nn(-c2ccc(Cl)c(Cl)c2)c(C)c1CC(=O)N1CCN(C2CCCC2)CC1. The molecule has 0 spiro atoms. The standard InChI is InChI=1S/C22H28Cl2N4O/c1-15-19(16(2)28(25-15)18-7-8-20(23)21(24)13-18)14-22(29)27-11-9-26(10-12-27)17-5-3-4-6-17/h7-8,13,17H,3-6,9-12,14H2,1-2H3. The van der Waals surface area contributed by atoms with Crippen molar-refractivity contribution in [1.82, 2.24) is 19.6 Å². The molecule has 1 aliphatic carbocycles. The van der Waals surface area contributed by atoms with Crippen LogP contribution in [0.1, 0.15) is 42.6 Å². The number of hydrogen-bond donors (Lipinski definition) is 0. The van der Waals surface area contributed by atoms with E-state index in [9.17, 15) is 4.79 Å². The lowest BCUT2D eigenvalue weighted by Crippen LogP contribution is -2.51. The van der Waals surface area contributed by atoms with Gasteiger partial charge < -0.3 is 4.90 Å². The molecule has 4 rings (SSSR count). The predicted molar refractivity (Wildman–Crippen MR) is 117 cm³/mol. The number of amides is 1. The second-order valence-corrected chi connectivity index (χ2v) is 9.01. The van der Waals surface area contributed by atoms with Gasteiger partial charge in [-0.2, -0.15) is 5.10 Å². The smallest absolute Gasteiger partial charge is 0.227 e. The van der Waals surface area contributed by atoms with E-state index >= 15 is 0 Å². The molecule has 0 unspecified atom stereocenters. The first-order valence-corrected chi connectivity index (χ1v) is 11.2. The Hall–Kier alpha value is -1.56. The maximum Gasteiger partial charge on any atom is 0.227 e. The largest absolute Gasteiger partial charge is 0.340 e. The van der Waals surface area contributed by atoms with Crippen molar-refractivity contribution in [3.05, 3.63) is 45.2 Å². The molecular weight excluding hydrogens is 407 g/mol. The Morgan fingerprint density at radius 2 is 1.76 bits per heavy atom. The molecule has 1 amide bonds. The molecule has 0 atom stereocenters. The molecule has 2 fully saturated rings. The van der Waals surface area contributed by atoms with Crippen molar-refractivity contribution in [2.75, 3.05) is 26.2 Å². The average molecular weight is 435 g/mol. The third kappa shape index (κ3) is 4.32. The van der Waals surface area contributed by atoms with Crippen molar-refractivity contribution in [2.45, 2.75) is 52.0 Å². The lowest BCUT2D eigenvalue weighted by atomic mass is 10.1. The van der Waals surface area contributed by atoms with Crippen molar-refractivity contribution in [2.24, 2.45) is 0 Å². The molecule has 0 bridgehead atoms. The third-order valence-corrected chi connectivity index (χ3v) is 7.16. The van der Waals surface area contributed by atoms with Gasteiger partial charge in [-0.15, -0.1) is 0 Å². The van der Waals surface area contributed by atoms with Crippen LogP contribution in [0.5, 0.6) is 0 Å². The molecule has 2 aliphatic rings. The summed E-state index contributed by atoms with van der Waals surface area (Å²) in [5, 5.41) is 5.66. The van der Waals surface area contributed by atoms with Gasteiger partial charge in [0.25, 0.3) is 0 Å². The number of carbonyl (C=O) groups is 1. The number of aromatic nitrogens is 2. The summed E-state index contributed by atoms with van der Waals surface area (Å²) >= 11 is 12.2. The highest BCUT2D eigenvalue weighted by atomic mass is 35.5. The first-order valence-electron chi connectivity index (χ1n) is 10.5. The molecule has 2 aromatic rings. The van der Waals surface area contributed by atoms with Crippen LogP contribution in [0.3, 0.4) is 0 Å². The Balaban J connectivity index is 1.43. The number of aryl methyl sites for hydroxylation is 1. The molecule has 0 radical (unpaired) electrons. The van der Waals surface area contributed by atoms with Gasteiger partial charge in [-0.25, -0.2) is 4.68 Å². The van der Waals surface area contributed by atoms with Crippen LogP contribution in [0.25, 0.3) is 5.69 Å². The number of rotatable bonds is 4. The minimum atomic E-state index is 0.191. The predicted octanol–water partition coefficient (Wildman–Crippen LogP) is 4.43. The van der Waals surface area contributed by atoms with Gasteiger partial charge in [0.1, 0.15) is 0 Å². The highest BCUT2D eigenvalue weighted by Gasteiger charge is 2.28. The van der Waals surface area contributed by atoms with Crippen LogP contribution in [0.15, 0.2) is 18.2 Å². The van der Waals surface area contributed by atoms with E-state index in [1.54, 1.807) is 12.1 Å². The third-order valence-electron chi connectivity index (χ3n) is 6.42. The monoisotopic (exact) mass is 434 g/mol. The van der Waals surface area contributed by atoms with Crippen LogP contribution in [-0.4, -0.2) is 57.7 Å². The van der Waals surface area contributed by atoms with Crippen LogP contribution >= 0.6 is 23.2 Å².